The molecule has 2 aromatic carbocycles. The highest BCUT2D eigenvalue weighted by atomic mass is 32.2. The first-order chi connectivity index (χ1) is 17.2. The highest BCUT2D eigenvalue weighted by Crippen LogP contribution is 2.30. The Morgan fingerprint density at radius 1 is 1.11 bits per heavy atom. The fraction of sp³-hybridized carbons (Fsp3) is 0.357. The Balaban J connectivity index is 1.57. The van der Waals surface area contributed by atoms with Crippen molar-refractivity contribution in [2.75, 3.05) is 24.5 Å². The highest BCUT2D eigenvalue weighted by molar-refractivity contribution is 7.89. The number of benzene rings is 2. The van der Waals surface area contributed by atoms with Gasteiger partial charge in [-0.1, -0.05) is 53.2 Å². The van der Waals surface area contributed by atoms with Crippen LogP contribution in [-0.4, -0.2) is 43.4 Å². The number of hydrogen-bond donors (Lipinski definition) is 0. The summed E-state index contributed by atoms with van der Waals surface area (Å²) >= 11 is 0. The Bertz CT molecular complexity index is 1360. The predicted octanol–water partition coefficient (Wildman–Crippen LogP) is 5.22. The van der Waals surface area contributed by atoms with Crippen molar-refractivity contribution >= 4 is 33.8 Å². The van der Waals surface area contributed by atoms with Crippen LogP contribution in [0.25, 0.3) is 12.2 Å². The van der Waals surface area contributed by atoms with Gasteiger partial charge in [0.15, 0.2) is 10.7 Å². The summed E-state index contributed by atoms with van der Waals surface area (Å²) < 4.78 is 34.3. The zero-order valence-corrected chi connectivity index (χ0v) is 22.1. The van der Waals surface area contributed by atoms with Crippen LogP contribution in [-0.2, 0) is 14.8 Å². The Labute approximate surface area is 213 Å². The fourth-order valence-electron chi connectivity index (χ4n) is 4.62. The molecule has 0 bridgehead atoms. The van der Waals surface area contributed by atoms with Crippen molar-refractivity contribution in [1.29, 1.82) is 0 Å². The Hall–Kier alpha value is -3.23. The Morgan fingerprint density at radius 2 is 1.86 bits per heavy atom. The van der Waals surface area contributed by atoms with Gasteiger partial charge < -0.3 is 9.42 Å². The van der Waals surface area contributed by atoms with Crippen molar-refractivity contribution in [2.24, 2.45) is 5.92 Å². The van der Waals surface area contributed by atoms with Crippen LogP contribution in [0.4, 0.5) is 5.69 Å². The average Bonchev–Trinajstić information content (AvgIpc) is 3.25. The lowest BCUT2D eigenvalue weighted by Gasteiger charge is -2.34. The lowest BCUT2D eigenvalue weighted by Crippen LogP contribution is -2.47. The second-order valence-corrected chi connectivity index (χ2v) is 11.2. The maximum absolute atomic E-state index is 13.7. The lowest BCUT2D eigenvalue weighted by atomic mass is 9.97. The van der Waals surface area contributed by atoms with Crippen molar-refractivity contribution in [3.8, 4) is 0 Å². The molecule has 0 unspecified atom stereocenters. The summed E-state index contributed by atoms with van der Waals surface area (Å²) in [6.07, 6.45) is 4.71. The van der Waals surface area contributed by atoms with Gasteiger partial charge in [-0.05, 0) is 69.9 Å². The van der Waals surface area contributed by atoms with E-state index in [1.165, 1.54) is 4.31 Å². The van der Waals surface area contributed by atoms with Crippen molar-refractivity contribution in [3.05, 3.63) is 76.7 Å². The summed E-state index contributed by atoms with van der Waals surface area (Å²) in [6.45, 7) is 8.57. The monoisotopic (exact) mass is 507 g/mol. The van der Waals surface area contributed by atoms with E-state index in [4.69, 9.17) is 4.52 Å². The maximum atomic E-state index is 13.7. The summed E-state index contributed by atoms with van der Waals surface area (Å²) in [5.74, 6) is -0.276. The summed E-state index contributed by atoms with van der Waals surface area (Å²) in [6, 6.07) is 15.7. The Kier molecular flexibility index (Phi) is 7.76. The molecule has 8 heteroatoms. The number of amides is 1. The number of aryl methyl sites for hydroxylation is 3. The van der Waals surface area contributed by atoms with Crippen LogP contribution in [0.5, 0.6) is 0 Å². The minimum Gasteiger partial charge on any atom is -0.355 e. The molecule has 1 amide bonds. The van der Waals surface area contributed by atoms with E-state index in [0.29, 0.717) is 31.6 Å². The van der Waals surface area contributed by atoms with E-state index in [0.717, 1.165) is 22.4 Å². The van der Waals surface area contributed by atoms with Gasteiger partial charge in [-0.3, -0.25) is 4.79 Å². The molecule has 190 valence electrons. The summed E-state index contributed by atoms with van der Waals surface area (Å²) in [5, 5.41) is 3.94. The molecule has 3 aromatic rings. The molecule has 0 aliphatic carbocycles. The van der Waals surface area contributed by atoms with Gasteiger partial charge in [0.2, 0.25) is 15.9 Å². The smallest absolute Gasteiger partial charge is 0.248 e. The standard InChI is InChI=1S/C28H33N3O4S/c1-5-31(25-10-6-8-21(3)18-25)28(32)24-9-7-17-30(19-24)36(33,34)27-22(4)29-35-26(27)16-15-23-13-11-20(2)12-14-23/h6,8,10-16,18,24H,5,7,9,17,19H2,1-4H3/b16-15+/t24-/m0/s1. The first kappa shape index (κ1) is 25.9. The lowest BCUT2D eigenvalue weighted by molar-refractivity contribution is -0.123. The fourth-order valence-corrected chi connectivity index (χ4v) is 6.40. The zero-order valence-electron chi connectivity index (χ0n) is 21.3. The summed E-state index contributed by atoms with van der Waals surface area (Å²) in [5.41, 5.74) is 4.28. The van der Waals surface area contributed by atoms with Crippen molar-refractivity contribution < 1.29 is 17.7 Å². The van der Waals surface area contributed by atoms with Crippen LogP contribution in [0.3, 0.4) is 0 Å². The largest absolute Gasteiger partial charge is 0.355 e. The van der Waals surface area contributed by atoms with Crippen LogP contribution in [0.1, 0.15) is 47.9 Å². The van der Waals surface area contributed by atoms with E-state index in [9.17, 15) is 13.2 Å². The maximum Gasteiger partial charge on any atom is 0.248 e. The minimum atomic E-state index is -3.91. The number of aromatic nitrogens is 1. The molecule has 7 nitrogen and oxygen atoms in total. The predicted molar refractivity (Wildman–Crippen MR) is 142 cm³/mol. The molecule has 1 aliphatic heterocycles. The Morgan fingerprint density at radius 3 is 2.56 bits per heavy atom. The molecule has 0 radical (unpaired) electrons. The number of carbonyl (C=O) groups is 1. The third-order valence-corrected chi connectivity index (χ3v) is 8.59. The first-order valence-corrected chi connectivity index (χ1v) is 13.7. The average molecular weight is 508 g/mol. The topological polar surface area (TPSA) is 83.7 Å². The van der Waals surface area contributed by atoms with Crippen molar-refractivity contribution in [3.63, 3.8) is 0 Å². The number of hydrogen-bond acceptors (Lipinski definition) is 5. The van der Waals surface area contributed by atoms with E-state index in [1.54, 1.807) is 17.9 Å². The van der Waals surface area contributed by atoms with E-state index in [-0.39, 0.29) is 23.1 Å². The quantitative estimate of drug-likeness (QED) is 0.438. The second-order valence-electron chi connectivity index (χ2n) is 9.33. The molecule has 36 heavy (non-hydrogen) atoms. The van der Waals surface area contributed by atoms with Gasteiger partial charge in [-0.25, -0.2) is 8.42 Å². The van der Waals surface area contributed by atoms with Gasteiger partial charge in [0.1, 0.15) is 5.69 Å². The SMILES string of the molecule is CCN(C(=O)[C@H]1CCCN(S(=O)(=O)c2c(C)noc2/C=C/c2ccc(C)cc2)C1)c1cccc(C)c1. The number of rotatable bonds is 7. The van der Waals surface area contributed by atoms with Gasteiger partial charge in [-0.2, -0.15) is 4.31 Å². The molecule has 1 fully saturated rings. The number of carbonyl (C=O) groups excluding carboxylic acids is 1. The van der Waals surface area contributed by atoms with Gasteiger partial charge >= 0.3 is 0 Å². The van der Waals surface area contributed by atoms with E-state index < -0.39 is 15.9 Å². The molecule has 1 aromatic heterocycles. The van der Waals surface area contributed by atoms with Gasteiger partial charge in [0, 0.05) is 25.3 Å². The van der Waals surface area contributed by atoms with Crippen molar-refractivity contribution in [2.45, 2.75) is 45.4 Å². The van der Waals surface area contributed by atoms with Crippen LogP contribution < -0.4 is 4.90 Å². The molecule has 1 saturated heterocycles. The highest BCUT2D eigenvalue weighted by Gasteiger charge is 2.38. The van der Waals surface area contributed by atoms with Crippen LogP contribution in [0.15, 0.2) is 57.9 Å². The second kappa shape index (κ2) is 10.8. The summed E-state index contributed by atoms with van der Waals surface area (Å²) in [4.78, 5) is 15.3. The van der Waals surface area contributed by atoms with Gasteiger partial charge in [0.25, 0.3) is 0 Å². The number of nitrogens with zero attached hydrogens (tertiary/aromatic N) is 3. The third-order valence-electron chi connectivity index (χ3n) is 6.56. The molecule has 0 spiro atoms. The molecular weight excluding hydrogens is 474 g/mol. The van der Waals surface area contributed by atoms with Crippen LogP contribution in [0.2, 0.25) is 0 Å². The van der Waals surface area contributed by atoms with Gasteiger partial charge in [-0.15, -0.1) is 0 Å². The van der Waals surface area contributed by atoms with E-state index in [1.807, 2.05) is 75.4 Å². The third kappa shape index (κ3) is 5.44. The molecule has 2 heterocycles. The molecule has 4 rings (SSSR count). The number of piperidine rings is 1. The number of sulfonamides is 1. The normalized spacial score (nSPS) is 16.9. The molecule has 1 aliphatic rings. The van der Waals surface area contributed by atoms with E-state index >= 15 is 0 Å². The first-order valence-electron chi connectivity index (χ1n) is 12.3. The van der Waals surface area contributed by atoms with Crippen LogP contribution >= 0.6 is 0 Å². The molecule has 0 saturated carbocycles. The summed E-state index contributed by atoms with van der Waals surface area (Å²) in [7, 11) is -3.91. The minimum absolute atomic E-state index is 0.0514. The van der Waals surface area contributed by atoms with Gasteiger partial charge in [0.05, 0.1) is 5.92 Å². The number of anilines is 1. The molecule has 0 N–H and O–H groups in total. The van der Waals surface area contributed by atoms with Crippen molar-refractivity contribution in [1.82, 2.24) is 9.46 Å². The molecular formula is C28H33N3O4S. The van der Waals surface area contributed by atoms with Crippen LogP contribution in [0, 0.1) is 26.7 Å². The molecule has 1 atom stereocenters. The zero-order chi connectivity index (χ0) is 25.9. The van der Waals surface area contributed by atoms with E-state index in [2.05, 4.69) is 5.16 Å².